The maximum Gasteiger partial charge on any atom is 0.138 e. The number of hydrogen-bond donors (Lipinski definition) is 0. The average Bonchev–Trinajstić information content (AvgIpc) is 2.31. The minimum absolute atomic E-state index is 0.185. The summed E-state index contributed by atoms with van der Waals surface area (Å²) in [5.74, 6) is 0.318. The van der Waals surface area contributed by atoms with Crippen molar-refractivity contribution in [1.29, 1.82) is 0 Å². The second kappa shape index (κ2) is 6.36. The number of rotatable bonds is 4. The molecular weight excluding hydrogens is 204 g/mol. The van der Waals surface area contributed by atoms with Crippen molar-refractivity contribution in [1.82, 2.24) is 0 Å². The van der Waals surface area contributed by atoms with Gasteiger partial charge in [-0.25, -0.2) is 0 Å². The third-order valence-electron chi connectivity index (χ3n) is 3.46. The molecule has 0 unspecified atom stereocenters. The lowest BCUT2D eigenvalue weighted by Gasteiger charge is -2.24. The molecule has 0 aromatic rings. The van der Waals surface area contributed by atoms with Crippen LogP contribution in [-0.4, -0.2) is 31.2 Å². The molecule has 0 radical (unpaired) electrons. The molecule has 3 nitrogen and oxygen atoms in total. The van der Waals surface area contributed by atoms with E-state index < -0.39 is 0 Å². The zero-order chi connectivity index (χ0) is 11.2. The van der Waals surface area contributed by atoms with Crippen molar-refractivity contribution in [3.63, 3.8) is 0 Å². The molecule has 2 aliphatic rings. The van der Waals surface area contributed by atoms with E-state index in [0.717, 1.165) is 38.9 Å². The van der Waals surface area contributed by atoms with E-state index in [9.17, 15) is 4.79 Å². The van der Waals surface area contributed by atoms with Gasteiger partial charge in [0.25, 0.3) is 0 Å². The van der Waals surface area contributed by atoms with E-state index >= 15 is 0 Å². The van der Waals surface area contributed by atoms with Crippen LogP contribution in [0.1, 0.15) is 51.4 Å². The molecule has 2 rings (SSSR count). The van der Waals surface area contributed by atoms with Gasteiger partial charge in [-0.2, -0.15) is 0 Å². The van der Waals surface area contributed by atoms with E-state index in [1.54, 1.807) is 0 Å². The number of carbonyl (C=O) groups excluding carboxylic acids is 1. The highest BCUT2D eigenvalue weighted by molar-refractivity contribution is 5.79. The van der Waals surface area contributed by atoms with Crippen LogP contribution in [0.5, 0.6) is 0 Å². The molecule has 92 valence electrons. The smallest absolute Gasteiger partial charge is 0.138 e. The summed E-state index contributed by atoms with van der Waals surface area (Å²) in [5.41, 5.74) is 0. The molecule has 0 aromatic carbocycles. The van der Waals surface area contributed by atoms with Crippen LogP contribution in [-0.2, 0) is 14.3 Å². The second-order valence-corrected chi connectivity index (χ2v) is 4.92. The second-order valence-electron chi connectivity index (χ2n) is 4.92. The van der Waals surface area contributed by atoms with E-state index in [4.69, 9.17) is 9.47 Å². The summed E-state index contributed by atoms with van der Waals surface area (Å²) in [6.07, 6.45) is 8.38. The summed E-state index contributed by atoms with van der Waals surface area (Å²) in [7, 11) is 0. The molecule has 0 amide bonds. The van der Waals surface area contributed by atoms with E-state index in [0.29, 0.717) is 18.6 Å². The van der Waals surface area contributed by atoms with Crippen molar-refractivity contribution < 1.29 is 14.3 Å². The first-order valence-electron chi connectivity index (χ1n) is 6.59. The van der Waals surface area contributed by atoms with Crippen LogP contribution >= 0.6 is 0 Å². The molecule has 2 fully saturated rings. The molecule has 0 N–H and O–H groups in total. The minimum Gasteiger partial charge on any atom is -0.378 e. The predicted molar refractivity (Wildman–Crippen MR) is 61.4 cm³/mol. The topological polar surface area (TPSA) is 35.5 Å². The molecule has 0 spiro atoms. The van der Waals surface area contributed by atoms with Crippen LogP contribution in [0.25, 0.3) is 0 Å². The van der Waals surface area contributed by atoms with Gasteiger partial charge in [-0.15, -0.1) is 0 Å². The zero-order valence-electron chi connectivity index (χ0n) is 9.95. The highest BCUT2D eigenvalue weighted by Crippen LogP contribution is 2.20. The van der Waals surface area contributed by atoms with Gasteiger partial charge >= 0.3 is 0 Å². The van der Waals surface area contributed by atoms with E-state index in [1.165, 1.54) is 12.8 Å². The number of ether oxygens (including phenoxy) is 2. The molecule has 0 saturated carbocycles. The summed E-state index contributed by atoms with van der Waals surface area (Å²) in [4.78, 5) is 11.8. The molecule has 16 heavy (non-hydrogen) atoms. The third-order valence-corrected chi connectivity index (χ3v) is 3.46. The van der Waals surface area contributed by atoms with Crippen molar-refractivity contribution >= 4 is 5.78 Å². The maximum absolute atomic E-state index is 11.8. The normalized spacial score (nSPS) is 31.2. The SMILES string of the molecule is O=C(C[C@H]1CCCCO1)C[C@H]1CCCCO1. The Balaban J connectivity index is 1.66. The largest absolute Gasteiger partial charge is 0.378 e. The molecular formula is C13H22O3. The van der Waals surface area contributed by atoms with Crippen LogP contribution < -0.4 is 0 Å². The minimum atomic E-state index is 0.185. The standard InChI is InChI=1S/C13H22O3/c14-11(9-12-5-1-3-7-15-12)10-13-6-2-4-8-16-13/h12-13H,1-10H2/t12-,13-/m1/s1. The fourth-order valence-corrected chi connectivity index (χ4v) is 2.53. The first-order chi connectivity index (χ1) is 7.84. The fourth-order valence-electron chi connectivity index (χ4n) is 2.53. The Labute approximate surface area is 97.5 Å². The van der Waals surface area contributed by atoms with Gasteiger partial charge in [-0.3, -0.25) is 4.79 Å². The fraction of sp³-hybridized carbons (Fsp3) is 0.923. The quantitative estimate of drug-likeness (QED) is 0.738. The summed E-state index contributed by atoms with van der Waals surface area (Å²) in [5, 5.41) is 0. The van der Waals surface area contributed by atoms with Gasteiger partial charge in [0.05, 0.1) is 12.2 Å². The lowest BCUT2D eigenvalue weighted by molar-refractivity contribution is -0.126. The molecule has 2 saturated heterocycles. The van der Waals surface area contributed by atoms with Gasteiger partial charge in [0.2, 0.25) is 0 Å². The summed E-state index contributed by atoms with van der Waals surface area (Å²) < 4.78 is 11.2. The van der Waals surface area contributed by atoms with Crippen molar-refractivity contribution in [3.05, 3.63) is 0 Å². The number of Topliss-reactive ketones (excluding diaryl/α,β-unsaturated/α-hetero) is 1. The Morgan fingerprint density at radius 2 is 1.38 bits per heavy atom. The molecule has 2 heterocycles. The first kappa shape index (κ1) is 12.1. The highest BCUT2D eigenvalue weighted by Gasteiger charge is 2.21. The Hall–Kier alpha value is -0.410. The molecule has 2 aliphatic heterocycles. The molecule has 2 atom stereocenters. The van der Waals surface area contributed by atoms with Gasteiger partial charge in [0.1, 0.15) is 5.78 Å². The van der Waals surface area contributed by atoms with Crippen LogP contribution in [0, 0.1) is 0 Å². The number of carbonyl (C=O) groups is 1. The maximum atomic E-state index is 11.8. The Kier molecular flexibility index (Phi) is 4.79. The van der Waals surface area contributed by atoms with Crippen molar-refractivity contribution in [2.45, 2.75) is 63.6 Å². The summed E-state index contributed by atoms with van der Waals surface area (Å²) in [6, 6.07) is 0. The van der Waals surface area contributed by atoms with Gasteiger partial charge in [-0.1, -0.05) is 0 Å². The van der Waals surface area contributed by atoms with Gasteiger partial charge in [-0.05, 0) is 38.5 Å². The van der Waals surface area contributed by atoms with E-state index in [1.807, 2.05) is 0 Å². The molecule has 0 aliphatic carbocycles. The van der Waals surface area contributed by atoms with Gasteiger partial charge < -0.3 is 9.47 Å². The predicted octanol–water partition coefficient (Wildman–Crippen LogP) is 2.47. The summed E-state index contributed by atoms with van der Waals surface area (Å²) in [6.45, 7) is 1.66. The van der Waals surface area contributed by atoms with Crippen LogP contribution in [0.15, 0.2) is 0 Å². The van der Waals surface area contributed by atoms with Gasteiger partial charge in [0, 0.05) is 26.1 Å². The number of ketones is 1. The van der Waals surface area contributed by atoms with Crippen LogP contribution in [0.2, 0.25) is 0 Å². The van der Waals surface area contributed by atoms with E-state index in [-0.39, 0.29) is 12.2 Å². The Morgan fingerprint density at radius 1 is 0.875 bits per heavy atom. The molecule has 3 heteroatoms. The highest BCUT2D eigenvalue weighted by atomic mass is 16.5. The Morgan fingerprint density at radius 3 is 1.75 bits per heavy atom. The van der Waals surface area contributed by atoms with Crippen LogP contribution in [0.3, 0.4) is 0 Å². The van der Waals surface area contributed by atoms with E-state index in [2.05, 4.69) is 0 Å². The molecule has 0 bridgehead atoms. The lowest BCUT2D eigenvalue weighted by atomic mass is 9.98. The van der Waals surface area contributed by atoms with Crippen molar-refractivity contribution in [2.75, 3.05) is 13.2 Å². The van der Waals surface area contributed by atoms with Crippen molar-refractivity contribution in [3.8, 4) is 0 Å². The lowest BCUT2D eigenvalue weighted by Crippen LogP contribution is -2.26. The number of hydrogen-bond acceptors (Lipinski definition) is 3. The molecule has 0 aromatic heterocycles. The average molecular weight is 226 g/mol. The van der Waals surface area contributed by atoms with Crippen molar-refractivity contribution in [2.24, 2.45) is 0 Å². The third kappa shape index (κ3) is 3.87. The zero-order valence-corrected chi connectivity index (χ0v) is 9.95. The van der Waals surface area contributed by atoms with Gasteiger partial charge in [0.15, 0.2) is 0 Å². The Bertz CT molecular complexity index is 193. The van der Waals surface area contributed by atoms with Crippen LogP contribution in [0.4, 0.5) is 0 Å². The summed E-state index contributed by atoms with van der Waals surface area (Å²) >= 11 is 0. The monoisotopic (exact) mass is 226 g/mol. The first-order valence-corrected chi connectivity index (χ1v) is 6.59.